The molecule has 3 aliphatic heterocycles. The minimum atomic E-state index is -3.03. The summed E-state index contributed by atoms with van der Waals surface area (Å²) in [4.78, 5) is 15.3. The molecule has 0 saturated carbocycles. The van der Waals surface area contributed by atoms with Gasteiger partial charge >= 0.3 is 0 Å². The quantitative estimate of drug-likeness (QED) is 0.573. The molecular formula is C25H27NO8S. The van der Waals surface area contributed by atoms with Crippen LogP contribution in [0.15, 0.2) is 24.0 Å². The number of Topliss-reactive ketones (excluding diaryl/α,β-unsaturated/α-hetero) is 1. The second-order valence-electron chi connectivity index (χ2n) is 8.85. The molecule has 1 unspecified atom stereocenters. The van der Waals surface area contributed by atoms with Crippen LogP contribution in [0.25, 0.3) is 6.08 Å². The second kappa shape index (κ2) is 8.76. The number of rotatable bonds is 5. The smallest absolute Gasteiger partial charge is 0.232 e. The van der Waals surface area contributed by atoms with Gasteiger partial charge < -0.3 is 23.7 Å². The first-order valence-corrected chi connectivity index (χ1v) is 13.0. The Morgan fingerprint density at radius 2 is 1.80 bits per heavy atom. The van der Waals surface area contributed by atoms with E-state index in [1.165, 1.54) is 21.3 Å². The van der Waals surface area contributed by atoms with Crippen molar-refractivity contribution in [1.82, 2.24) is 4.90 Å². The van der Waals surface area contributed by atoms with Gasteiger partial charge in [-0.05, 0) is 48.7 Å². The average molecular weight is 502 g/mol. The third kappa shape index (κ3) is 4.10. The molecule has 9 nitrogen and oxygen atoms in total. The van der Waals surface area contributed by atoms with E-state index in [9.17, 15) is 13.2 Å². The van der Waals surface area contributed by atoms with Gasteiger partial charge in [0.25, 0.3) is 0 Å². The van der Waals surface area contributed by atoms with Crippen LogP contribution in [-0.4, -0.2) is 64.7 Å². The summed E-state index contributed by atoms with van der Waals surface area (Å²) >= 11 is 0. The number of carbonyl (C=O) groups excluding carboxylic acids is 1. The lowest BCUT2D eigenvalue weighted by atomic mass is 9.98. The first kappa shape index (κ1) is 23.5. The Labute approximate surface area is 204 Å². The van der Waals surface area contributed by atoms with Crippen molar-refractivity contribution in [3.8, 4) is 28.7 Å². The molecule has 3 heterocycles. The van der Waals surface area contributed by atoms with E-state index in [4.69, 9.17) is 23.7 Å². The van der Waals surface area contributed by atoms with Crippen LogP contribution in [0.2, 0.25) is 0 Å². The maximum absolute atomic E-state index is 13.3. The van der Waals surface area contributed by atoms with Gasteiger partial charge in [0.15, 0.2) is 27.1 Å². The van der Waals surface area contributed by atoms with Gasteiger partial charge in [0.1, 0.15) is 18.2 Å². The van der Waals surface area contributed by atoms with E-state index in [-0.39, 0.29) is 29.1 Å². The molecule has 0 aromatic heterocycles. The largest absolute Gasteiger partial charge is 0.493 e. The molecule has 0 amide bonds. The van der Waals surface area contributed by atoms with E-state index in [1.54, 1.807) is 18.2 Å². The monoisotopic (exact) mass is 501 g/mol. The number of methoxy groups -OCH3 is 3. The minimum absolute atomic E-state index is 0.114. The maximum atomic E-state index is 13.3. The number of nitrogens with zero attached hydrogens (tertiary/aromatic N) is 1. The number of sulfone groups is 1. The maximum Gasteiger partial charge on any atom is 0.232 e. The van der Waals surface area contributed by atoms with Gasteiger partial charge in [0.2, 0.25) is 11.5 Å². The van der Waals surface area contributed by atoms with Gasteiger partial charge in [-0.15, -0.1) is 0 Å². The number of hydrogen-bond donors (Lipinski definition) is 0. The standard InChI is InChI=1S/C25H27NO8S/c1-14-7-18-17(11-26(13-33-18)16-5-6-35(28,29)12-16)24-22(14)23(27)19(34-24)8-15-9-20(30-2)25(32-4)21(10-15)31-3/h7-10,16H,5-6,11-13H2,1-4H3/b19-8-. The predicted molar refractivity (Wildman–Crippen MR) is 128 cm³/mol. The van der Waals surface area contributed by atoms with Crippen molar-refractivity contribution in [3.63, 3.8) is 0 Å². The van der Waals surface area contributed by atoms with E-state index in [0.29, 0.717) is 59.6 Å². The van der Waals surface area contributed by atoms with Gasteiger partial charge in [-0.3, -0.25) is 9.69 Å². The topological polar surface area (TPSA) is 101 Å². The molecule has 2 aromatic rings. The molecular weight excluding hydrogens is 474 g/mol. The van der Waals surface area contributed by atoms with Crippen molar-refractivity contribution in [2.75, 3.05) is 39.6 Å². The molecule has 10 heteroatoms. The highest BCUT2D eigenvalue weighted by Crippen LogP contribution is 2.45. The van der Waals surface area contributed by atoms with Crippen molar-refractivity contribution >= 4 is 21.7 Å². The Balaban J connectivity index is 1.50. The molecule has 0 N–H and O–H groups in total. The van der Waals surface area contributed by atoms with E-state index in [1.807, 2.05) is 17.9 Å². The molecule has 0 bridgehead atoms. The fraction of sp³-hybridized carbons (Fsp3) is 0.400. The summed E-state index contributed by atoms with van der Waals surface area (Å²) in [7, 11) is 1.55. The zero-order chi connectivity index (χ0) is 24.9. The Morgan fingerprint density at radius 1 is 1.09 bits per heavy atom. The number of aryl methyl sites for hydroxylation is 1. The van der Waals surface area contributed by atoms with E-state index in [0.717, 1.165) is 11.1 Å². The number of ketones is 1. The van der Waals surface area contributed by atoms with Crippen molar-refractivity contribution in [3.05, 3.63) is 46.2 Å². The molecule has 0 radical (unpaired) electrons. The van der Waals surface area contributed by atoms with Gasteiger partial charge in [0.05, 0.1) is 44.0 Å². The fourth-order valence-corrected chi connectivity index (χ4v) is 6.64. The minimum Gasteiger partial charge on any atom is -0.493 e. The first-order chi connectivity index (χ1) is 16.7. The molecule has 186 valence electrons. The Kier molecular flexibility index (Phi) is 5.88. The number of fused-ring (bicyclic) bond motifs is 3. The zero-order valence-electron chi connectivity index (χ0n) is 20.0. The molecule has 35 heavy (non-hydrogen) atoms. The van der Waals surface area contributed by atoms with Crippen molar-refractivity contribution in [2.24, 2.45) is 0 Å². The van der Waals surface area contributed by atoms with Gasteiger partial charge in [-0.1, -0.05) is 0 Å². The van der Waals surface area contributed by atoms with Gasteiger partial charge in [0, 0.05) is 12.6 Å². The molecule has 1 saturated heterocycles. The normalized spacial score (nSPS) is 21.8. The lowest BCUT2D eigenvalue weighted by Crippen LogP contribution is -2.41. The fourth-order valence-electron chi connectivity index (χ4n) is 4.88. The van der Waals surface area contributed by atoms with Crippen molar-refractivity contribution in [1.29, 1.82) is 0 Å². The van der Waals surface area contributed by atoms with Crippen LogP contribution in [0.3, 0.4) is 0 Å². The lowest BCUT2D eigenvalue weighted by Gasteiger charge is -2.33. The van der Waals surface area contributed by atoms with E-state index < -0.39 is 9.84 Å². The highest BCUT2D eigenvalue weighted by Gasteiger charge is 2.39. The summed E-state index contributed by atoms with van der Waals surface area (Å²) < 4.78 is 52.3. The van der Waals surface area contributed by atoms with Crippen LogP contribution in [0.4, 0.5) is 0 Å². The summed E-state index contributed by atoms with van der Waals surface area (Å²) in [5.74, 6) is 2.75. The van der Waals surface area contributed by atoms with Gasteiger partial charge in [-0.25, -0.2) is 8.42 Å². The molecule has 1 atom stereocenters. The molecule has 0 aliphatic carbocycles. The highest BCUT2D eigenvalue weighted by molar-refractivity contribution is 7.91. The molecule has 5 rings (SSSR count). The molecule has 3 aliphatic rings. The van der Waals surface area contributed by atoms with Crippen LogP contribution < -0.4 is 23.7 Å². The predicted octanol–water partition coefficient (Wildman–Crippen LogP) is 2.98. The SMILES string of the molecule is COc1cc(/C=C2\Oc3c4c(cc(C)c3C2=O)OCN(C2CCS(=O)(=O)C2)C4)cc(OC)c1OC. The Hall–Kier alpha value is -3.24. The van der Waals surface area contributed by atoms with Crippen LogP contribution in [0, 0.1) is 6.92 Å². The van der Waals surface area contributed by atoms with Crippen LogP contribution in [0.1, 0.15) is 33.5 Å². The number of allylic oxidation sites excluding steroid dienone is 1. The van der Waals surface area contributed by atoms with E-state index >= 15 is 0 Å². The third-order valence-corrected chi connectivity index (χ3v) is 8.41. The number of carbonyl (C=O) groups is 1. The van der Waals surface area contributed by atoms with Gasteiger partial charge in [-0.2, -0.15) is 0 Å². The highest BCUT2D eigenvalue weighted by atomic mass is 32.2. The van der Waals surface area contributed by atoms with Crippen LogP contribution in [-0.2, 0) is 16.4 Å². The number of hydrogen-bond acceptors (Lipinski definition) is 9. The number of benzene rings is 2. The molecule has 0 spiro atoms. The zero-order valence-corrected chi connectivity index (χ0v) is 20.9. The molecule has 1 fully saturated rings. The number of ether oxygens (including phenoxy) is 5. The van der Waals surface area contributed by atoms with Crippen LogP contribution in [0.5, 0.6) is 28.7 Å². The Morgan fingerprint density at radius 3 is 2.40 bits per heavy atom. The summed E-state index contributed by atoms with van der Waals surface area (Å²) in [5, 5.41) is 0. The van der Waals surface area contributed by atoms with E-state index in [2.05, 4.69) is 0 Å². The average Bonchev–Trinajstić information content (AvgIpc) is 3.37. The lowest BCUT2D eigenvalue weighted by molar-refractivity contribution is 0.0633. The molecule has 2 aromatic carbocycles. The summed E-state index contributed by atoms with van der Waals surface area (Å²) in [6, 6.07) is 5.21. The van der Waals surface area contributed by atoms with Crippen molar-refractivity contribution < 1.29 is 36.9 Å². The first-order valence-electron chi connectivity index (χ1n) is 11.2. The summed E-state index contributed by atoms with van der Waals surface area (Å²) in [6.45, 7) is 2.60. The third-order valence-electron chi connectivity index (χ3n) is 6.66. The summed E-state index contributed by atoms with van der Waals surface area (Å²) in [5.41, 5.74) is 2.65. The summed E-state index contributed by atoms with van der Waals surface area (Å²) in [6.07, 6.45) is 2.21. The van der Waals surface area contributed by atoms with Crippen molar-refractivity contribution in [2.45, 2.75) is 25.9 Å². The van der Waals surface area contributed by atoms with Crippen LogP contribution >= 0.6 is 0 Å². The second-order valence-corrected chi connectivity index (χ2v) is 11.1. The Bertz CT molecular complexity index is 1320.